The Labute approximate surface area is 793 Å². The largest absolute Gasteiger partial charge is 0.508 e. The predicted molar refractivity (Wildman–Crippen MR) is 507 cm³/mol. The summed E-state index contributed by atoms with van der Waals surface area (Å²) in [7, 11) is 0. The molecule has 0 spiro atoms. The van der Waals surface area contributed by atoms with E-state index in [9.17, 15) is 44.6 Å². The molecule has 0 saturated carbocycles. The fourth-order valence-corrected chi connectivity index (χ4v) is 17.9. The van der Waals surface area contributed by atoms with Crippen molar-refractivity contribution in [3.63, 3.8) is 0 Å². The van der Waals surface area contributed by atoms with Crippen molar-refractivity contribution in [3.8, 4) is 29.1 Å². The fraction of sp³-hybridized carbons (Fsp3) is 0.455. The number of carbonyl (C=O) groups is 4. The second kappa shape index (κ2) is 51.1. The van der Waals surface area contributed by atoms with Crippen molar-refractivity contribution in [1.82, 2.24) is 0 Å². The van der Waals surface area contributed by atoms with E-state index in [1.807, 2.05) is 97.9 Å². The van der Waals surface area contributed by atoms with Crippen LogP contribution in [0.5, 0.6) is 23.0 Å². The summed E-state index contributed by atoms with van der Waals surface area (Å²) >= 11 is 30.8. The molecule has 4 unspecified atom stereocenters. The van der Waals surface area contributed by atoms with Gasteiger partial charge in [-0.25, -0.2) is 0 Å². The SMILES string of the molecule is C=C(Cl)C#N.CCOc1ccc(Cc2cc([C@@H]3O[C@H](CC)C(C)[C@H](C)[C@H]3OC(C)=O)ccc2Cl)cc1.CC[C@H]1O[C@@H](c2ccc(Cl)c(Cc3ccc(O)c(N)c3)c2)[C@H](OC(C)=O)[C@@H](C)C1C.CC[C@H]1O[C@@H](c2ccc(Cl)c(Cc3ccc(O)c([N+](=O)[O-])c3)c2)[C@H](OC(C)=O)[C@@H](C)C1C.CC[C@H]1O[C@@H](c2ccc(Cl)c(Cc3ccc(O)cc3)c2)[C@H](OC(C)=O)[C@@H](C)C1C.O=[N+]([O-])O. The van der Waals surface area contributed by atoms with E-state index in [0.717, 1.165) is 92.6 Å². The van der Waals surface area contributed by atoms with Gasteiger partial charge in [0.05, 0.1) is 41.6 Å². The molecule has 4 heterocycles. The molecular weight excluding hydrogens is 1780 g/mol. The van der Waals surface area contributed by atoms with Gasteiger partial charge in [0.2, 0.25) is 0 Å². The molecule has 25 nitrogen and oxygen atoms in total. The van der Waals surface area contributed by atoms with Crippen LogP contribution in [-0.4, -0.2) is 110 Å². The lowest BCUT2D eigenvalue weighted by Gasteiger charge is -2.44. The lowest BCUT2D eigenvalue weighted by Crippen LogP contribution is -2.46. The minimum atomic E-state index is -1.50. The molecule has 131 heavy (non-hydrogen) atoms. The van der Waals surface area contributed by atoms with Crippen LogP contribution in [0, 0.1) is 78.9 Å². The minimum Gasteiger partial charge on any atom is -0.508 e. The molecule has 30 heteroatoms. The van der Waals surface area contributed by atoms with Crippen LogP contribution in [0.2, 0.25) is 20.1 Å². The predicted octanol–water partition coefficient (Wildman–Crippen LogP) is 23.9. The topological polar surface area (TPSA) is 368 Å². The van der Waals surface area contributed by atoms with Crippen molar-refractivity contribution >= 4 is 93.3 Å². The lowest BCUT2D eigenvalue weighted by atomic mass is 9.78. The number of ether oxygens (including phenoxy) is 9. The van der Waals surface area contributed by atoms with Crippen molar-refractivity contribution in [2.75, 3.05) is 12.3 Å². The molecule has 12 rings (SSSR count). The highest BCUT2D eigenvalue weighted by Crippen LogP contribution is 2.48. The Kier molecular flexibility index (Phi) is 42.1. The fourth-order valence-electron chi connectivity index (χ4n) is 17.1. The first-order valence-electron chi connectivity index (χ1n) is 44.0. The molecule has 0 aromatic heterocycles. The summed E-state index contributed by atoms with van der Waals surface area (Å²) in [5, 5.41) is 63.9. The van der Waals surface area contributed by atoms with Gasteiger partial charge in [-0.2, -0.15) is 5.26 Å². The maximum Gasteiger partial charge on any atom is 0.310 e. The average Bonchev–Trinajstić information content (AvgIpc) is 0.789. The number of nitro groups is 1. The number of phenolic OH excluding ortho intramolecular Hbond substituents is 3. The summed E-state index contributed by atoms with van der Waals surface area (Å²) in [5.41, 5.74) is 17.0. The van der Waals surface area contributed by atoms with Crippen molar-refractivity contribution in [3.05, 3.63) is 276 Å². The molecule has 4 aliphatic heterocycles. The molecule has 6 N–H and O–H groups in total. The van der Waals surface area contributed by atoms with Gasteiger partial charge in [-0.05, 0) is 215 Å². The number of rotatable bonds is 23. The number of nitrogens with two attached hydrogens (primary N) is 1. The number of halogens is 5. The second-order valence-corrected chi connectivity index (χ2v) is 35.8. The normalized spacial score (nSPS) is 24.7. The molecular formula is C101H123Cl5N4O21. The van der Waals surface area contributed by atoms with Crippen LogP contribution in [0.4, 0.5) is 11.4 Å². The number of esters is 4. The van der Waals surface area contributed by atoms with E-state index in [4.69, 9.17) is 127 Å². The van der Waals surface area contributed by atoms with E-state index in [-0.39, 0.29) is 148 Å². The third kappa shape index (κ3) is 30.7. The van der Waals surface area contributed by atoms with E-state index in [0.29, 0.717) is 75.5 Å². The maximum absolute atomic E-state index is 11.8. The molecule has 4 fully saturated rings. The first-order chi connectivity index (χ1) is 62.0. The number of hydrogen-bond acceptors (Lipinski definition) is 22. The van der Waals surface area contributed by atoms with E-state index >= 15 is 0 Å². The minimum absolute atomic E-state index is 0.0284. The zero-order valence-corrected chi connectivity index (χ0v) is 80.9. The summed E-state index contributed by atoms with van der Waals surface area (Å²) in [6.07, 6.45) is 3.24. The smallest absolute Gasteiger partial charge is 0.310 e. The van der Waals surface area contributed by atoms with E-state index in [1.165, 1.54) is 39.8 Å². The number of carbonyl (C=O) groups excluding carboxylic acids is 4. The summed E-state index contributed by atoms with van der Waals surface area (Å²) in [6.45, 7) is 36.9. The number of allylic oxidation sites excluding steroid dienone is 1. The third-order valence-corrected chi connectivity index (χ3v) is 26.4. The van der Waals surface area contributed by atoms with Gasteiger partial charge in [-0.3, -0.25) is 29.3 Å². The van der Waals surface area contributed by atoms with Gasteiger partial charge in [0, 0.05) is 77.5 Å². The highest BCUT2D eigenvalue weighted by Gasteiger charge is 2.48. The van der Waals surface area contributed by atoms with E-state index in [2.05, 4.69) is 108 Å². The molecule has 4 saturated heterocycles. The standard InChI is InChI=1S/C26H33ClO4.C24H28ClNO6.C24H30ClNO4.C24H29ClO4.C3H2ClN.HNO3/c1-6-24-16(3)17(4)25(30-18(5)28)26(31-24)20-10-13-23(27)21(15-20)14-19-8-11-22(12-9-19)29-7-2;1-5-22-13(2)14(3)23(31-15(4)27)24(32-22)17-7-8-19(25)18(12-17)10-16-6-9-21(28)20(11-16)26(29)30;1-5-22-13(2)14(3)23(29-15(4)27)24(30-22)17-7-8-19(25)18(12-17)10-16-6-9-21(28)20(26)11-16;1-5-22-14(2)15(3)23(28-16(4)26)24(29-22)18-8-11-21(25)19(13-18)12-17-6-9-20(27)10-7-17;1-3(4)2-5;2-1(3)4/h8-13,15-17,24-26H,6-7,14H2,1-5H3;6-9,11-14,22-24,28H,5,10H2,1-4H3;6-9,11-14,22-24,28H,5,10,26H2,1-4H3;6-11,13-15,22-24,27H,5,12H2,1-4H3;1H2;(H,2,3,4)/t16?,17-,24+,25+,26-;2*13?,14-,22+,23+,24-;14?,15-,22+,23+,24-;;/m0000../s1. The molecule has 0 amide bonds. The zero-order chi connectivity index (χ0) is 97.1. The number of nitriles is 1. The Morgan fingerprint density at radius 1 is 0.427 bits per heavy atom. The Balaban J connectivity index is 0.000000231. The Morgan fingerprint density at radius 2 is 0.687 bits per heavy atom. The van der Waals surface area contributed by atoms with Gasteiger partial charge in [-0.15, -0.1) is 10.1 Å². The van der Waals surface area contributed by atoms with E-state index in [1.54, 1.807) is 42.5 Å². The Hall–Kier alpha value is -10.2. The van der Waals surface area contributed by atoms with Crippen molar-refractivity contribution < 1.29 is 92.3 Å². The Morgan fingerprint density at radius 3 is 0.939 bits per heavy atom. The molecule has 0 radical (unpaired) electrons. The van der Waals surface area contributed by atoms with Gasteiger partial charge in [-0.1, -0.05) is 233 Å². The molecule has 708 valence electrons. The molecule has 0 bridgehead atoms. The molecule has 4 aliphatic rings. The van der Waals surface area contributed by atoms with Gasteiger partial charge in [0.15, 0.2) is 5.75 Å². The quantitative estimate of drug-likeness (QED) is 0.00755. The van der Waals surface area contributed by atoms with Crippen LogP contribution in [0.3, 0.4) is 0 Å². The van der Waals surface area contributed by atoms with Crippen LogP contribution in [0.1, 0.15) is 235 Å². The summed E-state index contributed by atoms with van der Waals surface area (Å²) in [4.78, 5) is 66.1. The van der Waals surface area contributed by atoms with Gasteiger partial charge < -0.3 is 68.9 Å². The highest BCUT2D eigenvalue weighted by molar-refractivity contribution is 6.32. The monoisotopic (exact) mass is 1900 g/mol. The number of nitrogens with zero attached hydrogens (tertiary/aromatic N) is 3. The van der Waals surface area contributed by atoms with Crippen LogP contribution in [-0.2, 0) is 82.8 Å². The van der Waals surface area contributed by atoms with Crippen LogP contribution in [0.25, 0.3) is 0 Å². The van der Waals surface area contributed by atoms with Crippen molar-refractivity contribution in [1.29, 1.82) is 5.26 Å². The van der Waals surface area contributed by atoms with Crippen LogP contribution >= 0.6 is 58.0 Å². The number of nitro benzene ring substituents is 1. The van der Waals surface area contributed by atoms with Gasteiger partial charge in [0.1, 0.15) is 77.2 Å². The molecule has 20 atom stereocenters. The first kappa shape index (κ1) is 108. The lowest BCUT2D eigenvalue weighted by molar-refractivity contribution is -0.742. The number of nitrogen functional groups attached to an aromatic ring is 1. The second-order valence-electron chi connectivity index (χ2n) is 33.8. The molecule has 8 aromatic carbocycles. The first-order valence-corrected chi connectivity index (χ1v) is 45.9. The number of aromatic hydroxyl groups is 3. The van der Waals surface area contributed by atoms with Crippen LogP contribution in [0.15, 0.2) is 169 Å². The summed E-state index contributed by atoms with van der Waals surface area (Å²) < 4.78 is 54.1. The third-order valence-electron chi connectivity index (χ3n) is 24.8. The maximum atomic E-state index is 11.8. The average molecular weight is 1910 g/mol. The van der Waals surface area contributed by atoms with Crippen LogP contribution < -0.4 is 10.5 Å². The molecule has 8 aromatic rings. The number of hydrogen-bond donors (Lipinski definition) is 5. The Bertz CT molecular complexity index is 5210. The number of phenols is 3. The summed E-state index contributed by atoms with van der Waals surface area (Å²) in [6, 6.07) is 49.4. The van der Waals surface area contributed by atoms with Crippen molar-refractivity contribution in [2.24, 2.45) is 47.3 Å². The van der Waals surface area contributed by atoms with Gasteiger partial charge >= 0.3 is 29.6 Å². The highest BCUT2D eigenvalue weighted by atomic mass is 35.5. The summed E-state index contributed by atoms with van der Waals surface area (Å²) in [5.74, 6) is 1.28. The van der Waals surface area contributed by atoms with Crippen molar-refractivity contribution in [2.45, 2.75) is 242 Å². The number of benzene rings is 8. The molecule has 0 aliphatic carbocycles. The zero-order valence-electron chi connectivity index (χ0n) is 77.2. The van der Waals surface area contributed by atoms with E-state index < -0.39 is 22.2 Å². The number of anilines is 1. The van der Waals surface area contributed by atoms with Gasteiger partial charge in [0.25, 0.3) is 5.09 Å².